The first-order valence-electron chi connectivity index (χ1n) is 7.56. The molecule has 128 valence electrons. The van der Waals surface area contributed by atoms with Crippen molar-refractivity contribution in [2.24, 2.45) is 0 Å². The molecule has 0 radical (unpaired) electrons. The van der Waals surface area contributed by atoms with Crippen LogP contribution in [0.4, 0.5) is 4.39 Å². The van der Waals surface area contributed by atoms with Crippen molar-refractivity contribution in [1.82, 2.24) is 14.9 Å². The molecule has 0 saturated heterocycles. The Morgan fingerprint density at radius 3 is 2.76 bits per heavy atom. The van der Waals surface area contributed by atoms with Crippen LogP contribution in [0.1, 0.15) is 16.1 Å². The van der Waals surface area contributed by atoms with Crippen molar-refractivity contribution in [3.8, 4) is 11.4 Å². The lowest BCUT2D eigenvalue weighted by Gasteiger charge is -2.10. The number of aromatic amines is 1. The third-order valence-corrected chi connectivity index (χ3v) is 3.98. The van der Waals surface area contributed by atoms with Gasteiger partial charge in [0.1, 0.15) is 17.3 Å². The van der Waals surface area contributed by atoms with Gasteiger partial charge in [-0.3, -0.25) is 9.36 Å². The Kier molecular flexibility index (Phi) is 4.95. The molecule has 0 atom stereocenters. The number of ether oxygens (including phenoxy) is 1. The molecule has 1 aromatic heterocycles. The average Bonchev–Trinajstić information content (AvgIpc) is 3.02. The molecule has 3 rings (SSSR count). The second-order valence-electron chi connectivity index (χ2n) is 5.33. The first-order valence-corrected chi connectivity index (χ1v) is 7.97. The molecule has 0 aliphatic rings. The van der Waals surface area contributed by atoms with Crippen molar-refractivity contribution in [1.29, 1.82) is 0 Å². The summed E-state index contributed by atoms with van der Waals surface area (Å²) in [6, 6.07) is 13.2. The maximum absolute atomic E-state index is 13.1. The van der Waals surface area contributed by atoms with Crippen molar-refractivity contribution in [2.75, 3.05) is 7.11 Å². The van der Waals surface area contributed by atoms with E-state index in [1.54, 1.807) is 23.8 Å². The summed E-state index contributed by atoms with van der Waals surface area (Å²) in [4.78, 5) is 15.4. The third kappa shape index (κ3) is 3.77. The summed E-state index contributed by atoms with van der Waals surface area (Å²) in [5, 5.41) is 2.85. The third-order valence-electron chi connectivity index (χ3n) is 3.68. The van der Waals surface area contributed by atoms with E-state index in [1.165, 1.54) is 18.3 Å². The van der Waals surface area contributed by atoms with Crippen LogP contribution in [0.25, 0.3) is 5.69 Å². The maximum atomic E-state index is 13.1. The molecule has 0 saturated carbocycles. The number of rotatable bonds is 5. The largest absolute Gasteiger partial charge is 0.497 e. The Labute approximate surface area is 149 Å². The number of amides is 1. The van der Waals surface area contributed by atoms with Crippen molar-refractivity contribution < 1.29 is 13.9 Å². The summed E-state index contributed by atoms with van der Waals surface area (Å²) < 4.78 is 20.2. The Morgan fingerprint density at radius 2 is 2.04 bits per heavy atom. The molecule has 2 N–H and O–H groups in total. The highest BCUT2D eigenvalue weighted by Crippen LogP contribution is 2.15. The predicted octanol–water partition coefficient (Wildman–Crippen LogP) is 3.61. The Morgan fingerprint density at radius 1 is 1.28 bits per heavy atom. The number of hydrogen-bond donors (Lipinski definition) is 2. The zero-order valence-electron chi connectivity index (χ0n) is 13.5. The van der Waals surface area contributed by atoms with Gasteiger partial charge in [0.15, 0.2) is 4.77 Å². The number of H-pyrrole nitrogens is 1. The fourth-order valence-electron chi connectivity index (χ4n) is 2.44. The van der Waals surface area contributed by atoms with Gasteiger partial charge < -0.3 is 15.0 Å². The van der Waals surface area contributed by atoms with Gasteiger partial charge in [0, 0.05) is 18.4 Å². The van der Waals surface area contributed by atoms with Gasteiger partial charge in [0.2, 0.25) is 0 Å². The first-order chi connectivity index (χ1) is 12.1. The number of nitrogens with zero attached hydrogens (tertiary/aromatic N) is 1. The highest BCUT2D eigenvalue weighted by Gasteiger charge is 2.14. The summed E-state index contributed by atoms with van der Waals surface area (Å²) in [7, 11) is 1.59. The van der Waals surface area contributed by atoms with Crippen LogP contribution in [0.3, 0.4) is 0 Å². The molecule has 0 aliphatic heterocycles. The number of methoxy groups -OCH3 is 1. The minimum absolute atomic E-state index is 0.292. The molecule has 0 spiro atoms. The van der Waals surface area contributed by atoms with E-state index in [1.807, 2.05) is 24.3 Å². The number of hydrogen-bond acceptors (Lipinski definition) is 3. The molecular weight excluding hydrogens is 341 g/mol. The second-order valence-corrected chi connectivity index (χ2v) is 5.71. The van der Waals surface area contributed by atoms with Crippen molar-refractivity contribution in [2.45, 2.75) is 6.54 Å². The van der Waals surface area contributed by atoms with Gasteiger partial charge in [-0.15, -0.1) is 0 Å². The molecule has 0 aliphatic carbocycles. The zero-order chi connectivity index (χ0) is 17.8. The van der Waals surface area contributed by atoms with Gasteiger partial charge in [-0.25, -0.2) is 4.39 Å². The fraction of sp³-hybridized carbons (Fsp3) is 0.111. The SMILES string of the molecule is COc1cccc(CNC(=O)c2c[nH]c(=S)n2-c2ccc(F)cc2)c1. The van der Waals surface area contributed by atoms with Crippen LogP contribution < -0.4 is 10.1 Å². The van der Waals surface area contributed by atoms with E-state index in [4.69, 9.17) is 17.0 Å². The minimum Gasteiger partial charge on any atom is -0.497 e. The monoisotopic (exact) mass is 357 g/mol. The lowest BCUT2D eigenvalue weighted by atomic mass is 10.2. The van der Waals surface area contributed by atoms with Crippen LogP contribution in [0.2, 0.25) is 0 Å². The van der Waals surface area contributed by atoms with Gasteiger partial charge in [-0.05, 0) is 54.2 Å². The zero-order valence-corrected chi connectivity index (χ0v) is 14.3. The van der Waals surface area contributed by atoms with Gasteiger partial charge in [-0.2, -0.15) is 0 Å². The van der Waals surface area contributed by atoms with Crippen LogP contribution in [-0.2, 0) is 6.54 Å². The number of carbonyl (C=O) groups is 1. The van der Waals surface area contributed by atoms with Crippen LogP contribution in [0, 0.1) is 10.6 Å². The topological polar surface area (TPSA) is 59.0 Å². The highest BCUT2D eigenvalue weighted by molar-refractivity contribution is 7.71. The maximum Gasteiger partial charge on any atom is 0.270 e. The normalized spacial score (nSPS) is 10.5. The number of nitrogens with one attached hydrogen (secondary N) is 2. The van der Waals surface area contributed by atoms with E-state index < -0.39 is 0 Å². The molecule has 0 unspecified atom stereocenters. The van der Waals surface area contributed by atoms with Crippen LogP contribution in [0.15, 0.2) is 54.7 Å². The lowest BCUT2D eigenvalue weighted by molar-refractivity contribution is 0.0944. The number of aromatic nitrogens is 2. The Hall–Kier alpha value is -2.93. The van der Waals surface area contributed by atoms with Crippen molar-refractivity contribution in [3.05, 3.63) is 76.6 Å². The molecule has 2 aromatic carbocycles. The quantitative estimate of drug-likeness (QED) is 0.686. The molecule has 7 heteroatoms. The predicted molar refractivity (Wildman–Crippen MR) is 95.1 cm³/mol. The second kappa shape index (κ2) is 7.31. The number of carbonyl (C=O) groups excluding carboxylic acids is 1. The highest BCUT2D eigenvalue weighted by atomic mass is 32.1. The first kappa shape index (κ1) is 16.9. The fourth-order valence-corrected chi connectivity index (χ4v) is 2.70. The van der Waals surface area contributed by atoms with Gasteiger partial charge in [0.05, 0.1) is 7.11 Å². The molecule has 0 fully saturated rings. The minimum atomic E-state index is -0.352. The van der Waals surface area contributed by atoms with E-state index >= 15 is 0 Å². The van der Waals surface area contributed by atoms with Gasteiger partial charge in [0.25, 0.3) is 5.91 Å². The van der Waals surface area contributed by atoms with E-state index in [0.29, 0.717) is 22.7 Å². The van der Waals surface area contributed by atoms with Crippen molar-refractivity contribution in [3.63, 3.8) is 0 Å². The smallest absolute Gasteiger partial charge is 0.270 e. The summed E-state index contributed by atoms with van der Waals surface area (Å²) in [5.74, 6) is 0.0805. The number of benzene rings is 2. The standard InChI is InChI=1S/C18H16FN3O2S/c1-24-15-4-2-3-12(9-15)10-20-17(23)16-11-21-18(25)22(16)14-7-5-13(19)6-8-14/h2-9,11H,10H2,1H3,(H,20,23)(H,21,25). The molecule has 1 heterocycles. The lowest BCUT2D eigenvalue weighted by Crippen LogP contribution is -2.25. The molecule has 3 aromatic rings. The summed E-state index contributed by atoms with van der Waals surface area (Å²) in [6.07, 6.45) is 1.53. The summed E-state index contributed by atoms with van der Waals surface area (Å²) in [6.45, 7) is 0.345. The Bertz CT molecular complexity index is 947. The molecular formula is C18H16FN3O2S. The summed E-state index contributed by atoms with van der Waals surface area (Å²) >= 11 is 5.23. The van der Waals surface area contributed by atoms with Gasteiger partial charge >= 0.3 is 0 Å². The molecule has 0 bridgehead atoms. The molecule has 1 amide bonds. The molecule has 25 heavy (non-hydrogen) atoms. The van der Waals surface area contributed by atoms with E-state index in [9.17, 15) is 9.18 Å². The number of halogens is 1. The van der Waals surface area contributed by atoms with E-state index in [2.05, 4.69) is 10.3 Å². The van der Waals surface area contributed by atoms with Gasteiger partial charge in [-0.1, -0.05) is 12.1 Å². The summed E-state index contributed by atoms with van der Waals surface area (Å²) in [5.41, 5.74) is 1.87. The van der Waals surface area contributed by atoms with Crippen LogP contribution in [0.5, 0.6) is 5.75 Å². The number of imidazole rings is 1. The Balaban J connectivity index is 1.81. The van der Waals surface area contributed by atoms with Crippen LogP contribution in [-0.4, -0.2) is 22.6 Å². The molecule has 5 nitrogen and oxygen atoms in total. The van der Waals surface area contributed by atoms with E-state index in [-0.39, 0.29) is 11.7 Å². The van der Waals surface area contributed by atoms with E-state index in [0.717, 1.165) is 11.3 Å². The van der Waals surface area contributed by atoms with Crippen molar-refractivity contribution >= 4 is 18.1 Å². The van der Waals surface area contributed by atoms with Crippen LogP contribution >= 0.6 is 12.2 Å². The average molecular weight is 357 g/mol.